The number of methoxy groups -OCH3 is 1. The SMILES string of the molecule is CCNC(=NCc1ccc(OC)c(NC(C)=O)c1)N1CCC2(CCOC2)C1. The monoisotopic (exact) mass is 374 g/mol. The predicted octanol–water partition coefficient (Wildman–Crippen LogP) is 2.23. The molecular formula is C20H30N4O3. The zero-order valence-corrected chi connectivity index (χ0v) is 16.5. The molecule has 1 aromatic carbocycles. The summed E-state index contributed by atoms with van der Waals surface area (Å²) >= 11 is 0. The molecule has 0 aromatic heterocycles. The summed E-state index contributed by atoms with van der Waals surface area (Å²) in [7, 11) is 1.59. The number of amides is 1. The van der Waals surface area contributed by atoms with Crippen LogP contribution in [0.4, 0.5) is 5.69 Å². The summed E-state index contributed by atoms with van der Waals surface area (Å²) < 4.78 is 11.0. The molecular weight excluding hydrogens is 344 g/mol. The summed E-state index contributed by atoms with van der Waals surface area (Å²) in [5.74, 6) is 1.47. The topological polar surface area (TPSA) is 75.2 Å². The van der Waals surface area contributed by atoms with Gasteiger partial charge in [-0.2, -0.15) is 0 Å². The fourth-order valence-corrected chi connectivity index (χ4v) is 3.82. The van der Waals surface area contributed by atoms with Crippen LogP contribution in [0.15, 0.2) is 23.2 Å². The smallest absolute Gasteiger partial charge is 0.221 e. The molecule has 27 heavy (non-hydrogen) atoms. The van der Waals surface area contributed by atoms with E-state index in [9.17, 15) is 4.79 Å². The third-order valence-corrected chi connectivity index (χ3v) is 5.24. The van der Waals surface area contributed by atoms with Gasteiger partial charge in [0, 0.05) is 38.6 Å². The lowest BCUT2D eigenvalue weighted by atomic mass is 9.87. The molecule has 1 atom stereocenters. The second-order valence-electron chi connectivity index (χ2n) is 7.36. The van der Waals surface area contributed by atoms with Gasteiger partial charge < -0.3 is 25.0 Å². The zero-order chi connectivity index (χ0) is 19.3. The summed E-state index contributed by atoms with van der Waals surface area (Å²) in [4.78, 5) is 18.6. The molecule has 1 spiro atoms. The van der Waals surface area contributed by atoms with Gasteiger partial charge in [0.05, 0.1) is 25.9 Å². The van der Waals surface area contributed by atoms with Crippen molar-refractivity contribution in [2.24, 2.45) is 10.4 Å². The Morgan fingerprint density at radius 3 is 2.93 bits per heavy atom. The summed E-state index contributed by atoms with van der Waals surface area (Å²) in [5, 5.41) is 6.22. The van der Waals surface area contributed by atoms with Crippen LogP contribution in [0.1, 0.15) is 32.3 Å². The molecule has 2 aliphatic rings. The summed E-state index contributed by atoms with van der Waals surface area (Å²) in [6.07, 6.45) is 2.30. The molecule has 7 heteroatoms. The number of benzene rings is 1. The van der Waals surface area contributed by atoms with Crippen LogP contribution < -0.4 is 15.4 Å². The first-order valence-corrected chi connectivity index (χ1v) is 9.61. The predicted molar refractivity (Wildman–Crippen MR) is 106 cm³/mol. The number of nitrogens with zero attached hydrogens (tertiary/aromatic N) is 2. The van der Waals surface area contributed by atoms with Crippen molar-refractivity contribution in [2.75, 3.05) is 45.3 Å². The Kier molecular flexibility index (Phi) is 6.21. The molecule has 3 rings (SSSR count). The minimum Gasteiger partial charge on any atom is -0.495 e. The molecule has 0 saturated carbocycles. The number of anilines is 1. The molecule has 2 aliphatic heterocycles. The standard InChI is InChI=1S/C20H30N4O3/c1-4-21-19(24-9-7-20(13-24)8-10-27-14-20)22-12-16-5-6-18(26-3)17(11-16)23-15(2)25/h5-6,11H,4,7-10,12-14H2,1-3H3,(H,21,22)(H,23,25). The first kappa shape index (κ1) is 19.5. The van der Waals surface area contributed by atoms with E-state index in [0.29, 0.717) is 23.4 Å². The van der Waals surface area contributed by atoms with Crippen LogP contribution in [0.2, 0.25) is 0 Å². The van der Waals surface area contributed by atoms with Crippen LogP contribution in [-0.2, 0) is 16.1 Å². The third kappa shape index (κ3) is 4.71. The van der Waals surface area contributed by atoms with E-state index in [1.807, 2.05) is 18.2 Å². The Balaban J connectivity index is 1.72. The number of rotatable bonds is 5. The van der Waals surface area contributed by atoms with E-state index in [4.69, 9.17) is 14.5 Å². The van der Waals surface area contributed by atoms with Crippen molar-refractivity contribution in [2.45, 2.75) is 33.2 Å². The van der Waals surface area contributed by atoms with Crippen molar-refractivity contribution in [3.05, 3.63) is 23.8 Å². The van der Waals surface area contributed by atoms with Crippen molar-refractivity contribution in [1.29, 1.82) is 0 Å². The lowest BCUT2D eigenvalue weighted by Gasteiger charge is -2.25. The number of ether oxygens (including phenoxy) is 2. The van der Waals surface area contributed by atoms with Gasteiger partial charge in [0.1, 0.15) is 5.75 Å². The molecule has 148 valence electrons. The molecule has 0 bridgehead atoms. The Labute approximate surface area is 161 Å². The highest BCUT2D eigenvalue weighted by Gasteiger charge is 2.42. The highest BCUT2D eigenvalue weighted by atomic mass is 16.5. The van der Waals surface area contributed by atoms with E-state index < -0.39 is 0 Å². The molecule has 2 fully saturated rings. The first-order chi connectivity index (χ1) is 13.0. The maximum atomic E-state index is 11.4. The number of carbonyl (C=O) groups is 1. The maximum Gasteiger partial charge on any atom is 0.221 e. The minimum absolute atomic E-state index is 0.122. The highest BCUT2D eigenvalue weighted by Crippen LogP contribution is 2.38. The molecule has 2 N–H and O–H groups in total. The second kappa shape index (κ2) is 8.61. The molecule has 1 aromatic rings. The normalized spacial score (nSPS) is 22.3. The van der Waals surface area contributed by atoms with Gasteiger partial charge in [-0.05, 0) is 37.5 Å². The number of hydrogen-bond donors (Lipinski definition) is 2. The van der Waals surface area contributed by atoms with Crippen LogP contribution in [0, 0.1) is 5.41 Å². The number of aliphatic imine (C=N–C) groups is 1. The molecule has 0 aliphatic carbocycles. The lowest BCUT2D eigenvalue weighted by molar-refractivity contribution is -0.114. The summed E-state index contributed by atoms with van der Waals surface area (Å²) in [6, 6.07) is 5.76. The van der Waals surface area contributed by atoms with Gasteiger partial charge in [0.15, 0.2) is 5.96 Å². The number of hydrogen-bond acceptors (Lipinski definition) is 4. The minimum atomic E-state index is -0.122. The van der Waals surface area contributed by atoms with Gasteiger partial charge >= 0.3 is 0 Å². The van der Waals surface area contributed by atoms with Gasteiger partial charge in [0.25, 0.3) is 0 Å². The zero-order valence-electron chi connectivity index (χ0n) is 16.5. The van der Waals surface area contributed by atoms with E-state index in [2.05, 4.69) is 22.5 Å². The van der Waals surface area contributed by atoms with E-state index in [0.717, 1.165) is 57.2 Å². The molecule has 1 amide bonds. The Bertz CT molecular complexity index is 698. The van der Waals surface area contributed by atoms with E-state index in [-0.39, 0.29) is 5.91 Å². The fourth-order valence-electron chi connectivity index (χ4n) is 3.82. The van der Waals surface area contributed by atoms with Gasteiger partial charge in [-0.3, -0.25) is 4.79 Å². The van der Waals surface area contributed by atoms with Gasteiger partial charge in [-0.25, -0.2) is 4.99 Å². The molecule has 2 saturated heterocycles. The summed E-state index contributed by atoms with van der Waals surface area (Å²) in [5.41, 5.74) is 1.99. The lowest BCUT2D eigenvalue weighted by Crippen LogP contribution is -2.41. The van der Waals surface area contributed by atoms with Crippen LogP contribution in [-0.4, -0.2) is 56.7 Å². The third-order valence-electron chi connectivity index (χ3n) is 5.24. The first-order valence-electron chi connectivity index (χ1n) is 9.61. The van der Waals surface area contributed by atoms with Crippen LogP contribution >= 0.6 is 0 Å². The Hall–Kier alpha value is -2.28. The van der Waals surface area contributed by atoms with Crippen LogP contribution in [0.5, 0.6) is 5.75 Å². The van der Waals surface area contributed by atoms with Crippen molar-refractivity contribution in [1.82, 2.24) is 10.2 Å². The Morgan fingerprint density at radius 2 is 2.26 bits per heavy atom. The molecule has 0 radical (unpaired) electrons. The maximum absolute atomic E-state index is 11.4. The molecule has 1 unspecified atom stereocenters. The number of likely N-dealkylation sites (tertiary alicyclic amines) is 1. The average molecular weight is 374 g/mol. The second-order valence-corrected chi connectivity index (χ2v) is 7.36. The Morgan fingerprint density at radius 1 is 1.41 bits per heavy atom. The number of nitrogens with one attached hydrogen (secondary N) is 2. The van der Waals surface area contributed by atoms with Crippen molar-refractivity contribution < 1.29 is 14.3 Å². The average Bonchev–Trinajstić information content (AvgIpc) is 3.28. The summed E-state index contributed by atoms with van der Waals surface area (Å²) in [6.45, 7) is 8.69. The van der Waals surface area contributed by atoms with Crippen molar-refractivity contribution in [3.63, 3.8) is 0 Å². The van der Waals surface area contributed by atoms with E-state index in [1.165, 1.54) is 6.92 Å². The highest BCUT2D eigenvalue weighted by molar-refractivity contribution is 5.90. The van der Waals surface area contributed by atoms with Gasteiger partial charge in [0.2, 0.25) is 5.91 Å². The molecule has 2 heterocycles. The number of carbonyl (C=O) groups excluding carboxylic acids is 1. The van der Waals surface area contributed by atoms with Gasteiger partial charge in [-0.15, -0.1) is 0 Å². The number of guanidine groups is 1. The van der Waals surface area contributed by atoms with Gasteiger partial charge in [-0.1, -0.05) is 6.07 Å². The van der Waals surface area contributed by atoms with Crippen molar-refractivity contribution >= 4 is 17.6 Å². The van der Waals surface area contributed by atoms with Crippen LogP contribution in [0.3, 0.4) is 0 Å². The van der Waals surface area contributed by atoms with E-state index >= 15 is 0 Å². The molecule has 7 nitrogen and oxygen atoms in total. The largest absolute Gasteiger partial charge is 0.495 e. The van der Waals surface area contributed by atoms with Crippen LogP contribution in [0.25, 0.3) is 0 Å². The van der Waals surface area contributed by atoms with Crippen molar-refractivity contribution in [3.8, 4) is 5.75 Å². The fraction of sp³-hybridized carbons (Fsp3) is 0.600. The van der Waals surface area contributed by atoms with E-state index in [1.54, 1.807) is 7.11 Å². The quantitative estimate of drug-likeness (QED) is 0.611.